The maximum atomic E-state index is 3.77. The molecule has 0 spiro atoms. The first-order chi connectivity index (χ1) is 1.91. The molecule has 0 aliphatic heterocycles. The summed E-state index contributed by atoms with van der Waals surface area (Å²) in [5, 5.41) is 0. The third-order valence-corrected chi connectivity index (χ3v) is 0.643. The average Bonchev–Trinajstić information content (AvgIpc) is 1.37. The van der Waals surface area contributed by atoms with Gasteiger partial charge in [0.2, 0.25) is 0 Å². The van der Waals surface area contributed by atoms with Crippen LogP contribution in [0.4, 0.5) is 0 Å². The van der Waals surface area contributed by atoms with Crippen molar-refractivity contribution in [2.75, 3.05) is 0 Å². The van der Waals surface area contributed by atoms with Crippen LogP contribution in [0.2, 0.25) is 0 Å². The van der Waals surface area contributed by atoms with E-state index in [4.69, 9.17) is 0 Å². The van der Waals surface area contributed by atoms with Gasteiger partial charge in [-0.2, -0.15) is 0 Å². The predicted molar refractivity (Wildman–Crippen MR) is 20.0 cm³/mol. The zero-order valence-corrected chi connectivity index (χ0v) is 8.09. The average molecular weight is 376 g/mol. The summed E-state index contributed by atoms with van der Waals surface area (Å²) in [7, 11) is 0. The second-order valence-corrected chi connectivity index (χ2v) is 0.655. The van der Waals surface area contributed by atoms with Gasteiger partial charge in [0, 0.05) is 0 Å². The molecule has 0 aromatic carbocycles. The van der Waals surface area contributed by atoms with E-state index in [2.05, 4.69) is 40.5 Å². The van der Waals surface area contributed by atoms with E-state index in [1.165, 1.54) is 0 Å². The Hall–Kier alpha value is 1.57. The summed E-state index contributed by atoms with van der Waals surface area (Å²) in [6, 6.07) is 0. The molecule has 5 heavy (non-hydrogen) atoms. The van der Waals surface area contributed by atoms with Gasteiger partial charge < -0.3 is 0 Å². The minimum absolute atomic E-state index is 0. The minimum Gasteiger partial charge on any atom is -0.144 e. The summed E-state index contributed by atoms with van der Waals surface area (Å²) in [4.78, 5) is 0. The van der Waals surface area contributed by atoms with E-state index in [9.17, 15) is 0 Å². The zero-order valence-electron chi connectivity index (χ0n) is 1.98. The zero-order chi connectivity index (χ0) is 3.41. The Morgan fingerprint density at radius 2 is 1.20 bits per heavy atom. The molecule has 0 unspecified atom stereocenters. The van der Waals surface area contributed by atoms with E-state index in [1.807, 2.05) is 0 Å². The van der Waals surface area contributed by atoms with Gasteiger partial charge in [0.05, 0.1) is 0 Å². The third-order valence-electron chi connectivity index (χ3n) is 0.0238. The van der Waals surface area contributed by atoms with Crippen LogP contribution in [0, 0.1) is 0 Å². The molecule has 0 radical (unpaired) electrons. The molecular formula is Br2O2W+6. The van der Waals surface area contributed by atoms with Gasteiger partial charge in [0.15, 0.2) is 0 Å². The van der Waals surface area contributed by atoms with Gasteiger partial charge in [-0.05, 0) is 0 Å². The van der Waals surface area contributed by atoms with Crippen LogP contribution in [0.25, 0.3) is 0 Å². The summed E-state index contributed by atoms with van der Waals surface area (Å²) >= 11 is 4.96. The van der Waals surface area contributed by atoms with Crippen LogP contribution >= 0.6 is 32.5 Å². The van der Waals surface area contributed by atoms with Gasteiger partial charge in [0.25, 0.3) is 0 Å². The minimum atomic E-state index is 0. The maximum Gasteiger partial charge on any atom is 6.00 e. The van der Waals surface area contributed by atoms with Gasteiger partial charge >= 0.3 is 21.1 Å². The molecule has 0 rings (SSSR count). The fraction of sp³-hybridized carbons (Fsp3) is 0. The van der Waals surface area contributed by atoms with Crippen molar-refractivity contribution in [3.8, 4) is 0 Å². The molecule has 0 amide bonds. The predicted octanol–water partition coefficient (Wildman–Crippen LogP) is 1.55. The number of hydrogen-bond donors (Lipinski definition) is 0. The van der Waals surface area contributed by atoms with E-state index in [-0.39, 0.29) is 21.1 Å². The van der Waals surface area contributed by atoms with Crippen molar-refractivity contribution in [3.05, 3.63) is 0 Å². The van der Waals surface area contributed by atoms with Gasteiger partial charge in [-0.15, -0.1) is 7.96 Å². The number of rotatable bonds is 1. The summed E-state index contributed by atoms with van der Waals surface area (Å²) in [5.41, 5.74) is 0. The first-order valence-corrected chi connectivity index (χ1v) is 1.77. The standard InChI is InChI=1S/Br2O2.W/c1-3-4-2;/q;+6. The monoisotopic (exact) mass is 374 g/mol. The quantitative estimate of drug-likeness (QED) is 0.511. The van der Waals surface area contributed by atoms with Crippen molar-refractivity contribution in [2.24, 2.45) is 0 Å². The molecule has 0 saturated carbocycles. The second kappa shape index (κ2) is 9.13. The molecule has 0 bridgehead atoms. The summed E-state index contributed by atoms with van der Waals surface area (Å²) in [6.45, 7) is 0. The van der Waals surface area contributed by atoms with Crippen molar-refractivity contribution >= 4 is 32.5 Å². The molecular weight excluding hydrogens is 376 g/mol. The van der Waals surface area contributed by atoms with Crippen molar-refractivity contribution in [1.29, 1.82) is 0 Å². The van der Waals surface area contributed by atoms with Gasteiger partial charge in [-0.25, -0.2) is 0 Å². The topological polar surface area (TPSA) is 18.5 Å². The summed E-state index contributed by atoms with van der Waals surface area (Å²) in [5.74, 6) is 0. The van der Waals surface area contributed by atoms with Crippen LogP contribution < -0.4 is 0 Å². The molecule has 0 aliphatic carbocycles. The van der Waals surface area contributed by atoms with Crippen molar-refractivity contribution in [1.82, 2.24) is 0 Å². The largest absolute Gasteiger partial charge is 6.00 e. The normalized spacial score (nSPS) is 6.00. The van der Waals surface area contributed by atoms with Gasteiger partial charge in [0.1, 0.15) is 32.5 Å². The van der Waals surface area contributed by atoms with Crippen molar-refractivity contribution in [3.63, 3.8) is 0 Å². The van der Waals surface area contributed by atoms with Crippen molar-refractivity contribution in [2.45, 2.75) is 0 Å². The smallest absolute Gasteiger partial charge is 0.144 e. The number of hydrogen-bond acceptors (Lipinski definition) is 2. The SMILES string of the molecule is BrOOBr.[W+6]. The summed E-state index contributed by atoms with van der Waals surface area (Å²) < 4.78 is 7.54. The van der Waals surface area contributed by atoms with Crippen LogP contribution in [0.15, 0.2) is 0 Å². The molecule has 0 aromatic heterocycles. The van der Waals surface area contributed by atoms with Crippen LogP contribution in [0.3, 0.4) is 0 Å². The van der Waals surface area contributed by atoms with E-state index < -0.39 is 0 Å². The van der Waals surface area contributed by atoms with E-state index in [0.29, 0.717) is 0 Å². The van der Waals surface area contributed by atoms with Gasteiger partial charge in [-0.3, -0.25) is 0 Å². The Labute approximate surface area is 61.3 Å². The molecule has 2 nitrogen and oxygen atoms in total. The van der Waals surface area contributed by atoms with E-state index in [1.54, 1.807) is 0 Å². The molecule has 26 valence electrons. The Morgan fingerprint density at radius 1 is 1.00 bits per heavy atom. The molecule has 0 aromatic rings. The van der Waals surface area contributed by atoms with E-state index >= 15 is 0 Å². The Morgan fingerprint density at radius 3 is 1.20 bits per heavy atom. The van der Waals surface area contributed by atoms with Crippen molar-refractivity contribution < 1.29 is 29.0 Å². The summed E-state index contributed by atoms with van der Waals surface area (Å²) in [6.07, 6.45) is 0. The van der Waals surface area contributed by atoms with Crippen LogP contribution in [0.1, 0.15) is 0 Å². The Balaban J connectivity index is 0. The Bertz CT molecular complexity index is 9.61. The molecule has 0 aliphatic rings. The molecule has 0 saturated heterocycles. The van der Waals surface area contributed by atoms with Crippen LogP contribution in [-0.4, -0.2) is 0 Å². The van der Waals surface area contributed by atoms with Crippen LogP contribution in [0.5, 0.6) is 0 Å². The first-order valence-electron chi connectivity index (χ1n) is 0.475. The number of halogens is 2. The maximum absolute atomic E-state index is 3.77. The fourth-order valence-electron chi connectivity index (χ4n) is 0. The molecule has 0 heterocycles. The van der Waals surface area contributed by atoms with Crippen LogP contribution in [-0.2, 0) is 29.0 Å². The molecule has 0 N–H and O–H groups in total. The molecule has 0 atom stereocenters. The molecule has 5 heteroatoms. The third kappa shape index (κ3) is 10.7. The first kappa shape index (κ1) is 9.76. The Kier molecular flexibility index (Phi) is 17.8. The van der Waals surface area contributed by atoms with E-state index in [0.717, 1.165) is 0 Å². The fourth-order valence-corrected chi connectivity index (χ4v) is 0. The van der Waals surface area contributed by atoms with Gasteiger partial charge in [-0.1, -0.05) is 0 Å². The molecule has 0 fully saturated rings. The second-order valence-electron chi connectivity index (χ2n) is 0.126.